The van der Waals surface area contributed by atoms with Crippen molar-refractivity contribution < 1.29 is 39.5 Å². The number of rotatable bonds is 2. The van der Waals surface area contributed by atoms with Gasteiger partial charge in [0.2, 0.25) is 6.29 Å². The molecule has 0 saturated carbocycles. The Kier molecular flexibility index (Phi) is 4.37. The first kappa shape index (κ1) is 13.8. The van der Waals surface area contributed by atoms with Gasteiger partial charge in [0.15, 0.2) is 0 Å². The summed E-state index contributed by atoms with van der Waals surface area (Å²) in [6.45, 7) is -0.671. The van der Waals surface area contributed by atoms with Crippen molar-refractivity contribution in [2.24, 2.45) is 5.73 Å². The predicted molar refractivity (Wildman–Crippen MR) is 49.1 cm³/mol. The van der Waals surface area contributed by atoms with Crippen molar-refractivity contribution in [3.63, 3.8) is 0 Å². The van der Waals surface area contributed by atoms with E-state index in [1.165, 1.54) is 0 Å². The van der Waals surface area contributed by atoms with Crippen LogP contribution in [0.5, 0.6) is 0 Å². The molecule has 1 amide bonds. The molecule has 0 radical (unpaired) electrons. The lowest BCUT2D eigenvalue weighted by atomic mass is 9.99. The van der Waals surface area contributed by atoms with Crippen LogP contribution in [-0.4, -0.2) is 69.6 Å². The minimum atomic E-state index is -1.75. The Balaban J connectivity index is 2.72. The highest BCUT2D eigenvalue weighted by molar-refractivity contribution is 6.31. The van der Waals surface area contributed by atoms with Crippen LogP contribution in [0.1, 0.15) is 0 Å². The van der Waals surface area contributed by atoms with E-state index in [0.29, 0.717) is 0 Å². The zero-order valence-corrected chi connectivity index (χ0v) is 8.59. The molecule has 0 bridgehead atoms. The average Bonchev–Trinajstić information content (AvgIpc) is 2.29. The van der Waals surface area contributed by atoms with Crippen LogP contribution >= 0.6 is 0 Å². The molecule has 1 fully saturated rings. The first-order chi connectivity index (χ1) is 7.88. The molecule has 1 aliphatic rings. The molecule has 9 heteroatoms. The summed E-state index contributed by atoms with van der Waals surface area (Å²) in [6, 6.07) is 0. The van der Waals surface area contributed by atoms with Gasteiger partial charge < -0.3 is 35.6 Å². The van der Waals surface area contributed by atoms with Gasteiger partial charge in [0, 0.05) is 0 Å². The molecule has 0 aromatic carbocycles. The zero-order chi connectivity index (χ0) is 13.2. The summed E-state index contributed by atoms with van der Waals surface area (Å²) in [7, 11) is 0. The van der Waals surface area contributed by atoms with Gasteiger partial charge in [0.05, 0.1) is 6.61 Å². The van der Waals surface area contributed by atoms with E-state index in [2.05, 4.69) is 10.5 Å². The van der Waals surface area contributed by atoms with Crippen LogP contribution < -0.4 is 5.73 Å². The van der Waals surface area contributed by atoms with Crippen LogP contribution in [0, 0.1) is 0 Å². The smallest absolute Gasteiger partial charge is 0.398 e. The third-order valence-corrected chi connectivity index (χ3v) is 2.27. The van der Waals surface area contributed by atoms with Gasteiger partial charge in [-0.15, -0.1) is 0 Å². The molecule has 1 saturated heterocycles. The molecular weight excluding hydrogens is 238 g/mol. The zero-order valence-electron chi connectivity index (χ0n) is 8.59. The Bertz CT molecular complexity index is 306. The van der Waals surface area contributed by atoms with Gasteiger partial charge >= 0.3 is 11.9 Å². The first-order valence-electron chi connectivity index (χ1n) is 4.69. The second-order valence-electron chi connectivity index (χ2n) is 3.47. The second kappa shape index (κ2) is 5.38. The van der Waals surface area contributed by atoms with Crippen LogP contribution in [-0.2, 0) is 19.1 Å². The summed E-state index contributed by atoms with van der Waals surface area (Å²) in [5, 5.41) is 36.9. The Hall–Kier alpha value is -1.26. The summed E-state index contributed by atoms with van der Waals surface area (Å²) in [4.78, 5) is 21.3. The fraction of sp³-hybridized carbons (Fsp3) is 0.750. The average molecular weight is 251 g/mol. The van der Waals surface area contributed by atoms with Crippen LogP contribution in [0.3, 0.4) is 0 Å². The fourth-order valence-electron chi connectivity index (χ4n) is 1.33. The quantitative estimate of drug-likeness (QED) is 0.244. The normalized spacial score (nSPS) is 37.5. The molecule has 9 nitrogen and oxygen atoms in total. The minimum Gasteiger partial charge on any atom is -0.426 e. The number of carbonyl (C=O) groups excluding carboxylic acids is 2. The summed E-state index contributed by atoms with van der Waals surface area (Å²) in [5.41, 5.74) is 4.62. The molecule has 0 spiro atoms. The number of nitrogens with two attached hydrogens (primary N) is 1. The Morgan fingerprint density at radius 1 is 1.18 bits per heavy atom. The lowest BCUT2D eigenvalue weighted by Gasteiger charge is -2.38. The monoisotopic (exact) mass is 251 g/mol. The van der Waals surface area contributed by atoms with Crippen LogP contribution in [0.4, 0.5) is 0 Å². The second-order valence-corrected chi connectivity index (χ2v) is 3.47. The highest BCUT2D eigenvalue weighted by atomic mass is 16.7. The predicted octanol–water partition coefficient (Wildman–Crippen LogP) is -4.19. The number of esters is 1. The largest absolute Gasteiger partial charge is 0.426 e. The van der Waals surface area contributed by atoms with Crippen molar-refractivity contribution in [3.8, 4) is 0 Å². The lowest BCUT2D eigenvalue weighted by Crippen LogP contribution is -2.59. The maximum atomic E-state index is 10.8. The molecular formula is C8H13NO8. The van der Waals surface area contributed by atoms with E-state index in [9.17, 15) is 24.9 Å². The van der Waals surface area contributed by atoms with Crippen molar-refractivity contribution in [1.82, 2.24) is 0 Å². The van der Waals surface area contributed by atoms with Gasteiger partial charge in [0.1, 0.15) is 24.4 Å². The Labute approximate surface area is 95.4 Å². The SMILES string of the molecule is NC(=O)C(=O)OC1O[C@H](CO)[C@@H](O)[C@H](O)[C@H]1O. The van der Waals surface area contributed by atoms with E-state index in [1.54, 1.807) is 0 Å². The molecule has 5 atom stereocenters. The molecule has 1 unspecified atom stereocenters. The molecule has 1 aliphatic heterocycles. The summed E-state index contributed by atoms with van der Waals surface area (Å²) < 4.78 is 9.14. The van der Waals surface area contributed by atoms with Crippen molar-refractivity contribution in [3.05, 3.63) is 0 Å². The maximum absolute atomic E-state index is 10.8. The highest BCUT2D eigenvalue weighted by Gasteiger charge is 2.45. The Morgan fingerprint density at radius 3 is 2.24 bits per heavy atom. The fourth-order valence-corrected chi connectivity index (χ4v) is 1.33. The van der Waals surface area contributed by atoms with Gasteiger partial charge in [-0.2, -0.15) is 0 Å². The van der Waals surface area contributed by atoms with Crippen LogP contribution in [0.25, 0.3) is 0 Å². The number of primary amides is 1. The van der Waals surface area contributed by atoms with Crippen molar-refractivity contribution in [2.75, 3.05) is 6.61 Å². The molecule has 17 heavy (non-hydrogen) atoms. The van der Waals surface area contributed by atoms with E-state index in [1.807, 2.05) is 0 Å². The number of hydrogen-bond donors (Lipinski definition) is 5. The number of hydrogen-bond acceptors (Lipinski definition) is 8. The van der Waals surface area contributed by atoms with E-state index in [-0.39, 0.29) is 0 Å². The summed E-state index contributed by atoms with van der Waals surface area (Å²) >= 11 is 0. The topological polar surface area (TPSA) is 160 Å². The van der Waals surface area contributed by atoms with E-state index in [0.717, 1.165) is 0 Å². The van der Waals surface area contributed by atoms with E-state index in [4.69, 9.17) is 9.84 Å². The molecule has 1 rings (SSSR count). The minimum absolute atomic E-state index is 0.671. The van der Waals surface area contributed by atoms with Gasteiger partial charge in [-0.3, -0.25) is 4.79 Å². The lowest BCUT2D eigenvalue weighted by molar-refractivity contribution is -0.291. The van der Waals surface area contributed by atoms with Gasteiger partial charge in [-0.1, -0.05) is 0 Å². The number of amides is 1. The Morgan fingerprint density at radius 2 is 1.76 bits per heavy atom. The first-order valence-corrected chi connectivity index (χ1v) is 4.69. The third-order valence-electron chi connectivity index (χ3n) is 2.27. The van der Waals surface area contributed by atoms with Gasteiger partial charge in [0.25, 0.3) is 0 Å². The maximum Gasteiger partial charge on any atom is 0.398 e. The highest BCUT2D eigenvalue weighted by Crippen LogP contribution is 2.21. The molecule has 0 aliphatic carbocycles. The number of aliphatic hydroxyl groups excluding tert-OH is 4. The summed E-state index contributed by atoms with van der Waals surface area (Å²) in [6.07, 6.45) is -7.93. The third kappa shape index (κ3) is 2.90. The van der Waals surface area contributed by atoms with Gasteiger partial charge in [-0.25, -0.2) is 4.79 Å². The molecule has 98 valence electrons. The van der Waals surface area contributed by atoms with E-state index >= 15 is 0 Å². The number of carbonyl (C=O) groups is 2. The molecule has 1 heterocycles. The molecule has 0 aromatic heterocycles. The van der Waals surface area contributed by atoms with Crippen molar-refractivity contribution in [2.45, 2.75) is 30.7 Å². The van der Waals surface area contributed by atoms with Gasteiger partial charge in [-0.05, 0) is 0 Å². The van der Waals surface area contributed by atoms with Crippen LogP contribution in [0.2, 0.25) is 0 Å². The molecule has 6 N–H and O–H groups in total. The number of ether oxygens (including phenoxy) is 2. The summed E-state index contributed by atoms with van der Waals surface area (Å²) in [5.74, 6) is -2.86. The number of aliphatic hydroxyl groups is 4. The molecule has 0 aromatic rings. The van der Waals surface area contributed by atoms with Crippen LogP contribution in [0.15, 0.2) is 0 Å². The van der Waals surface area contributed by atoms with Crippen molar-refractivity contribution in [1.29, 1.82) is 0 Å². The van der Waals surface area contributed by atoms with Crippen molar-refractivity contribution >= 4 is 11.9 Å². The standard InChI is InChI=1S/C8H13NO8/c9-6(14)7(15)17-8-5(13)4(12)3(11)2(1-10)16-8/h2-5,8,10-13H,1H2,(H2,9,14)/t2-,3-,4+,5-,8?/m1/s1. The van der Waals surface area contributed by atoms with E-state index < -0.39 is 49.2 Å².